The topological polar surface area (TPSA) is 73.3 Å². The Morgan fingerprint density at radius 1 is 1.12 bits per heavy atom. The Labute approximate surface area is 159 Å². The maximum Gasteiger partial charge on any atom is 0.266 e. The van der Waals surface area contributed by atoms with E-state index in [9.17, 15) is 4.79 Å². The van der Waals surface area contributed by atoms with Crippen LogP contribution in [0.25, 0.3) is 10.6 Å². The summed E-state index contributed by atoms with van der Waals surface area (Å²) in [5.74, 6) is 0.736. The molecule has 8 heteroatoms. The molecule has 134 valence electrons. The quantitative estimate of drug-likeness (QED) is 0.681. The van der Waals surface area contributed by atoms with Crippen LogP contribution in [0.2, 0.25) is 5.02 Å². The van der Waals surface area contributed by atoms with E-state index < -0.39 is 6.10 Å². The summed E-state index contributed by atoms with van der Waals surface area (Å²) in [5.41, 5.74) is 0.880. The molecular weight excluding hydrogens is 374 g/mol. The molecule has 2 aromatic carbocycles. The summed E-state index contributed by atoms with van der Waals surface area (Å²) >= 11 is 7.16. The fraction of sp³-hybridized carbons (Fsp3) is 0.167. The maximum absolute atomic E-state index is 12.4. The van der Waals surface area contributed by atoms with Gasteiger partial charge in [-0.1, -0.05) is 47.2 Å². The number of ether oxygens (including phenoxy) is 2. The highest BCUT2D eigenvalue weighted by Gasteiger charge is 2.18. The van der Waals surface area contributed by atoms with Gasteiger partial charge in [-0.05, 0) is 31.2 Å². The third kappa shape index (κ3) is 4.30. The van der Waals surface area contributed by atoms with Gasteiger partial charge in [-0.15, -0.1) is 10.2 Å². The standard InChI is InChI=1S/C18H16ClN3O3S/c1-11(25-15-6-4-3-5-14(15)24-2)16(23)20-18-22-21-17(26-18)12-7-9-13(19)10-8-12/h3-11H,1-2H3,(H,20,22,23)/t11-/m1/s1. The molecule has 0 spiro atoms. The normalized spacial score (nSPS) is 11.7. The average molecular weight is 390 g/mol. The van der Waals surface area contributed by atoms with Crippen molar-refractivity contribution in [2.24, 2.45) is 0 Å². The Morgan fingerprint density at radius 2 is 1.81 bits per heavy atom. The first kappa shape index (κ1) is 18.2. The lowest BCUT2D eigenvalue weighted by atomic mass is 10.2. The first-order valence-corrected chi connectivity index (χ1v) is 8.96. The molecule has 1 atom stereocenters. The highest BCUT2D eigenvalue weighted by atomic mass is 35.5. The Hall–Kier alpha value is -2.64. The number of nitrogens with one attached hydrogen (secondary N) is 1. The second-order valence-corrected chi connectivity index (χ2v) is 6.73. The second-order valence-electron chi connectivity index (χ2n) is 5.32. The number of hydrogen-bond acceptors (Lipinski definition) is 6. The fourth-order valence-electron chi connectivity index (χ4n) is 2.15. The summed E-state index contributed by atoms with van der Waals surface area (Å²) in [6.45, 7) is 1.66. The lowest BCUT2D eigenvalue weighted by Gasteiger charge is -2.15. The average Bonchev–Trinajstić information content (AvgIpc) is 3.11. The lowest BCUT2D eigenvalue weighted by Crippen LogP contribution is -2.30. The second kappa shape index (κ2) is 8.16. The molecule has 0 radical (unpaired) electrons. The number of methoxy groups -OCH3 is 1. The molecule has 6 nitrogen and oxygen atoms in total. The molecule has 1 amide bonds. The summed E-state index contributed by atoms with van der Waals surface area (Å²) in [7, 11) is 1.55. The summed E-state index contributed by atoms with van der Waals surface area (Å²) in [5, 5.41) is 12.5. The summed E-state index contributed by atoms with van der Waals surface area (Å²) in [4.78, 5) is 12.4. The van der Waals surface area contributed by atoms with Crippen molar-refractivity contribution < 1.29 is 14.3 Å². The SMILES string of the molecule is COc1ccccc1O[C@H](C)C(=O)Nc1nnc(-c2ccc(Cl)cc2)s1. The summed E-state index contributed by atoms with van der Waals surface area (Å²) in [6, 6.07) is 14.4. The third-order valence-corrected chi connectivity index (χ3v) is 4.63. The van der Waals surface area contributed by atoms with Gasteiger partial charge in [0.15, 0.2) is 17.6 Å². The lowest BCUT2D eigenvalue weighted by molar-refractivity contribution is -0.122. The van der Waals surface area contributed by atoms with E-state index in [0.29, 0.717) is 26.7 Å². The fourth-order valence-corrected chi connectivity index (χ4v) is 3.03. The van der Waals surface area contributed by atoms with Crippen molar-refractivity contribution in [2.75, 3.05) is 12.4 Å². The van der Waals surface area contributed by atoms with Crippen LogP contribution in [-0.2, 0) is 4.79 Å². The van der Waals surface area contributed by atoms with Gasteiger partial charge in [-0.2, -0.15) is 0 Å². The molecular formula is C18H16ClN3O3S. The van der Waals surface area contributed by atoms with Crippen LogP contribution in [0.1, 0.15) is 6.92 Å². The van der Waals surface area contributed by atoms with Gasteiger partial charge in [-0.25, -0.2) is 0 Å². The molecule has 0 unspecified atom stereocenters. The van der Waals surface area contributed by atoms with Crippen LogP contribution in [0.3, 0.4) is 0 Å². The zero-order chi connectivity index (χ0) is 18.5. The molecule has 0 saturated carbocycles. The highest BCUT2D eigenvalue weighted by molar-refractivity contribution is 7.18. The largest absolute Gasteiger partial charge is 0.493 e. The van der Waals surface area contributed by atoms with E-state index in [-0.39, 0.29) is 5.91 Å². The molecule has 1 N–H and O–H groups in total. The van der Waals surface area contributed by atoms with E-state index in [2.05, 4.69) is 15.5 Å². The molecule has 1 heterocycles. The summed E-state index contributed by atoms with van der Waals surface area (Å²) < 4.78 is 10.9. The summed E-state index contributed by atoms with van der Waals surface area (Å²) in [6.07, 6.45) is -0.728. The van der Waals surface area contributed by atoms with E-state index in [0.717, 1.165) is 5.56 Å². The number of benzene rings is 2. The maximum atomic E-state index is 12.4. The number of carbonyl (C=O) groups excluding carboxylic acids is 1. The molecule has 0 saturated heterocycles. The van der Waals surface area contributed by atoms with Crippen molar-refractivity contribution in [1.82, 2.24) is 10.2 Å². The Kier molecular flexibility index (Phi) is 5.70. The van der Waals surface area contributed by atoms with Crippen molar-refractivity contribution in [1.29, 1.82) is 0 Å². The molecule has 0 aliphatic rings. The van der Waals surface area contributed by atoms with E-state index >= 15 is 0 Å². The van der Waals surface area contributed by atoms with Crippen molar-refractivity contribution >= 4 is 34.0 Å². The van der Waals surface area contributed by atoms with Gasteiger partial charge in [0.2, 0.25) is 5.13 Å². The van der Waals surface area contributed by atoms with Gasteiger partial charge in [0.25, 0.3) is 5.91 Å². The van der Waals surface area contributed by atoms with Crippen LogP contribution in [-0.4, -0.2) is 29.3 Å². The van der Waals surface area contributed by atoms with Crippen molar-refractivity contribution in [2.45, 2.75) is 13.0 Å². The Balaban J connectivity index is 1.65. The smallest absolute Gasteiger partial charge is 0.266 e. The Bertz CT molecular complexity index is 899. The third-order valence-electron chi connectivity index (χ3n) is 3.49. The zero-order valence-corrected chi connectivity index (χ0v) is 15.7. The Morgan fingerprint density at radius 3 is 2.50 bits per heavy atom. The van der Waals surface area contributed by atoms with E-state index in [1.54, 1.807) is 38.3 Å². The van der Waals surface area contributed by atoms with E-state index in [1.807, 2.05) is 24.3 Å². The van der Waals surface area contributed by atoms with Gasteiger partial charge < -0.3 is 9.47 Å². The van der Waals surface area contributed by atoms with Gasteiger partial charge in [0.05, 0.1) is 7.11 Å². The van der Waals surface area contributed by atoms with Gasteiger partial charge >= 0.3 is 0 Å². The number of carbonyl (C=O) groups is 1. The molecule has 0 fully saturated rings. The molecule has 0 aliphatic carbocycles. The van der Waals surface area contributed by atoms with Gasteiger partial charge in [-0.3, -0.25) is 10.1 Å². The van der Waals surface area contributed by atoms with Crippen LogP contribution >= 0.6 is 22.9 Å². The van der Waals surface area contributed by atoms with E-state index in [4.69, 9.17) is 21.1 Å². The predicted octanol–water partition coefficient (Wildman–Crippen LogP) is 4.27. The molecule has 3 aromatic rings. The van der Waals surface area contributed by atoms with Crippen LogP contribution in [0.15, 0.2) is 48.5 Å². The number of aromatic nitrogens is 2. The minimum Gasteiger partial charge on any atom is -0.493 e. The minimum absolute atomic E-state index is 0.324. The van der Waals surface area contributed by atoms with Crippen molar-refractivity contribution in [3.63, 3.8) is 0 Å². The number of hydrogen-bond donors (Lipinski definition) is 1. The number of para-hydroxylation sites is 2. The van der Waals surface area contributed by atoms with Crippen LogP contribution < -0.4 is 14.8 Å². The minimum atomic E-state index is -0.728. The van der Waals surface area contributed by atoms with Crippen LogP contribution in [0.5, 0.6) is 11.5 Å². The molecule has 0 aliphatic heterocycles. The molecule has 3 rings (SSSR count). The van der Waals surface area contributed by atoms with Crippen molar-refractivity contribution in [3.05, 3.63) is 53.6 Å². The predicted molar refractivity (Wildman–Crippen MR) is 102 cm³/mol. The van der Waals surface area contributed by atoms with Crippen LogP contribution in [0, 0.1) is 0 Å². The van der Waals surface area contributed by atoms with Gasteiger partial charge in [0, 0.05) is 10.6 Å². The van der Waals surface area contributed by atoms with E-state index in [1.165, 1.54) is 11.3 Å². The van der Waals surface area contributed by atoms with Crippen LogP contribution in [0.4, 0.5) is 5.13 Å². The number of anilines is 1. The molecule has 1 aromatic heterocycles. The monoisotopic (exact) mass is 389 g/mol. The highest BCUT2D eigenvalue weighted by Crippen LogP contribution is 2.29. The number of halogens is 1. The zero-order valence-electron chi connectivity index (χ0n) is 14.1. The first-order chi connectivity index (χ1) is 12.6. The molecule has 0 bridgehead atoms. The number of nitrogens with zero attached hydrogens (tertiary/aromatic N) is 2. The van der Waals surface area contributed by atoms with Gasteiger partial charge in [0.1, 0.15) is 5.01 Å². The first-order valence-electron chi connectivity index (χ1n) is 7.77. The van der Waals surface area contributed by atoms with Crippen molar-refractivity contribution in [3.8, 4) is 22.1 Å². The number of rotatable bonds is 6. The number of amides is 1. The molecule has 26 heavy (non-hydrogen) atoms.